The van der Waals surface area contributed by atoms with Crippen molar-refractivity contribution in [1.29, 1.82) is 0 Å². The maximum Gasteiger partial charge on any atom is 0.136 e. The molecule has 1 unspecified atom stereocenters. The standard InChI is InChI=1S/C12H19N3OS/c1-8(7-16-3)6-15-12-10(11(13)17)9(2)4-5-14-12/h4-5,8H,6-7H2,1-3H3,(H2,13,17)(H,14,15). The lowest BCUT2D eigenvalue weighted by atomic mass is 10.1. The molecule has 4 nitrogen and oxygen atoms in total. The summed E-state index contributed by atoms with van der Waals surface area (Å²) >= 11 is 5.04. The lowest BCUT2D eigenvalue weighted by molar-refractivity contribution is 0.164. The molecule has 0 amide bonds. The van der Waals surface area contributed by atoms with Crippen molar-refractivity contribution in [2.24, 2.45) is 11.7 Å². The molecular formula is C12H19N3OS. The Morgan fingerprint density at radius 3 is 2.94 bits per heavy atom. The Morgan fingerprint density at radius 2 is 2.35 bits per heavy atom. The molecule has 17 heavy (non-hydrogen) atoms. The summed E-state index contributed by atoms with van der Waals surface area (Å²) in [7, 11) is 1.70. The van der Waals surface area contributed by atoms with Gasteiger partial charge in [-0.1, -0.05) is 19.1 Å². The summed E-state index contributed by atoms with van der Waals surface area (Å²) in [6.45, 7) is 5.56. The summed E-state index contributed by atoms with van der Waals surface area (Å²) in [5, 5.41) is 3.26. The number of hydrogen-bond acceptors (Lipinski definition) is 4. The second-order valence-corrected chi connectivity index (χ2v) is 4.60. The van der Waals surface area contributed by atoms with Crippen LogP contribution in [-0.4, -0.2) is 30.2 Å². The lowest BCUT2D eigenvalue weighted by Gasteiger charge is -2.15. The summed E-state index contributed by atoms with van der Waals surface area (Å²) in [6.07, 6.45) is 1.75. The van der Waals surface area contributed by atoms with Gasteiger partial charge in [0.15, 0.2) is 0 Å². The maximum absolute atomic E-state index is 5.71. The van der Waals surface area contributed by atoms with Gasteiger partial charge < -0.3 is 15.8 Å². The third kappa shape index (κ3) is 3.94. The highest BCUT2D eigenvalue weighted by Crippen LogP contribution is 2.16. The summed E-state index contributed by atoms with van der Waals surface area (Å²) in [5.74, 6) is 1.15. The van der Waals surface area contributed by atoms with Crippen LogP contribution in [0.2, 0.25) is 0 Å². The molecule has 0 radical (unpaired) electrons. The molecule has 0 saturated carbocycles. The number of nitrogens with one attached hydrogen (secondary N) is 1. The van der Waals surface area contributed by atoms with Crippen LogP contribution in [0, 0.1) is 12.8 Å². The summed E-state index contributed by atoms with van der Waals surface area (Å²) in [5.41, 5.74) is 7.57. The Balaban J connectivity index is 2.77. The minimum Gasteiger partial charge on any atom is -0.389 e. The molecule has 0 saturated heterocycles. The number of nitrogens with two attached hydrogens (primary N) is 1. The van der Waals surface area contributed by atoms with Crippen molar-refractivity contribution in [3.8, 4) is 0 Å². The molecule has 0 aliphatic rings. The van der Waals surface area contributed by atoms with Gasteiger partial charge in [-0.05, 0) is 24.5 Å². The van der Waals surface area contributed by atoms with E-state index in [9.17, 15) is 0 Å². The van der Waals surface area contributed by atoms with Crippen molar-refractivity contribution < 1.29 is 4.74 Å². The van der Waals surface area contributed by atoms with Crippen LogP contribution < -0.4 is 11.1 Å². The fourth-order valence-electron chi connectivity index (χ4n) is 1.62. The Labute approximate surface area is 108 Å². The van der Waals surface area contributed by atoms with E-state index < -0.39 is 0 Å². The molecule has 0 bridgehead atoms. The number of thiocarbonyl (C=S) groups is 1. The Bertz CT molecular complexity index is 395. The largest absolute Gasteiger partial charge is 0.389 e. The third-order valence-corrected chi connectivity index (χ3v) is 2.68. The highest BCUT2D eigenvalue weighted by atomic mass is 32.1. The van der Waals surface area contributed by atoms with Crippen molar-refractivity contribution >= 4 is 23.0 Å². The molecule has 0 aliphatic carbocycles. The van der Waals surface area contributed by atoms with Gasteiger partial charge in [0.25, 0.3) is 0 Å². The lowest BCUT2D eigenvalue weighted by Crippen LogP contribution is -2.20. The molecule has 0 aliphatic heterocycles. The fourth-order valence-corrected chi connectivity index (χ4v) is 1.88. The van der Waals surface area contributed by atoms with Crippen LogP contribution in [0.25, 0.3) is 0 Å². The van der Waals surface area contributed by atoms with Gasteiger partial charge in [-0.25, -0.2) is 4.98 Å². The molecule has 5 heteroatoms. The first-order chi connectivity index (χ1) is 8.06. The van der Waals surface area contributed by atoms with Crippen LogP contribution in [0.5, 0.6) is 0 Å². The summed E-state index contributed by atoms with van der Waals surface area (Å²) in [4.78, 5) is 4.65. The topological polar surface area (TPSA) is 60.2 Å². The van der Waals surface area contributed by atoms with Crippen LogP contribution in [0.1, 0.15) is 18.1 Å². The number of aromatic nitrogens is 1. The zero-order valence-electron chi connectivity index (χ0n) is 10.5. The minimum absolute atomic E-state index is 0.373. The van der Waals surface area contributed by atoms with E-state index in [0.29, 0.717) is 17.5 Å². The maximum atomic E-state index is 5.71. The van der Waals surface area contributed by atoms with Crippen molar-refractivity contribution in [2.45, 2.75) is 13.8 Å². The van der Waals surface area contributed by atoms with Gasteiger partial charge in [0, 0.05) is 19.9 Å². The number of methoxy groups -OCH3 is 1. The minimum atomic E-state index is 0.373. The van der Waals surface area contributed by atoms with Gasteiger partial charge in [-0.2, -0.15) is 0 Å². The molecule has 0 aromatic carbocycles. The predicted octanol–water partition coefficient (Wildman–Crippen LogP) is 1.72. The SMILES string of the molecule is COCC(C)CNc1nccc(C)c1C(N)=S. The highest BCUT2D eigenvalue weighted by Gasteiger charge is 2.10. The van der Waals surface area contributed by atoms with E-state index in [1.165, 1.54) is 0 Å². The van der Waals surface area contributed by atoms with E-state index in [1.807, 2.05) is 13.0 Å². The average molecular weight is 253 g/mol. The third-order valence-electron chi connectivity index (χ3n) is 2.47. The molecule has 1 aromatic rings. The molecule has 1 aromatic heterocycles. The number of nitrogens with zero attached hydrogens (tertiary/aromatic N) is 1. The quantitative estimate of drug-likeness (QED) is 0.756. The smallest absolute Gasteiger partial charge is 0.136 e. The Kier molecular flexibility index (Phi) is 5.31. The van der Waals surface area contributed by atoms with Crippen molar-refractivity contribution in [3.05, 3.63) is 23.4 Å². The molecule has 1 heterocycles. The molecule has 0 spiro atoms. The number of pyridine rings is 1. The summed E-state index contributed by atoms with van der Waals surface area (Å²) < 4.78 is 5.08. The number of anilines is 1. The predicted molar refractivity (Wildman–Crippen MR) is 74.4 cm³/mol. The number of ether oxygens (including phenoxy) is 1. The number of hydrogen-bond donors (Lipinski definition) is 2. The van der Waals surface area contributed by atoms with Crippen LogP contribution in [0.4, 0.5) is 5.82 Å². The second kappa shape index (κ2) is 6.51. The van der Waals surface area contributed by atoms with Gasteiger partial charge in [-0.3, -0.25) is 0 Å². The molecule has 1 rings (SSSR count). The van der Waals surface area contributed by atoms with Gasteiger partial charge in [0.1, 0.15) is 10.8 Å². The van der Waals surface area contributed by atoms with Crippen molar-refractivity contribution in [2.75, 3.05) is 25.6 Å². The summed E-state index contributed by atoms with van der Waals surface area (Å²) in [6, 6.07) is 1.90. The van der Waals surface area contributed by atoms with Crippen LogP contribution >= 0.6 is 12.2 Å². The van der Waals surface area contributed by atoms with Crippen molar-refractivity contribution in [3.63, 3.8) is 0 Å². The second-order valence-electron chi connectivity index (χ2n) is 4.16. The van der Waals surface area contributed by atoms with E-state index in [1.54, 1.807) is 13.3 Å². The van der Waals surface area contributed by atoms with Gasteiger partial charge in [-0.15, -0.1) is 0 Å². The van der Waals surface area contributed by atoms with Crippen LogP contribution in [-0.2, 0) is 4.74 Å². The van der Waals surface area contributed by atoms with Gasteiger partial charge in [0.05, 0.1) is 12.2 Å². The monoisotopic (exact) mass is 253 g/mol. The normalized spacial score (nSPS) is 12.2. The number of aryl methyl sites for hydroxylation is 1. The molecular weight excluding hydrogens is 234 g/mol. The zero-order valence-corrected chi connectivity index (χ0v) is 11.3. The first kappa shape index (κ1) is 13.9. The van der Waals surface area contributed by atoms with Crippen LogP contribution in [0.3, 0.4) is 0 Å². The molecule has 3 N–H and O–H groups in total. The first-order valence-corrected chi connectivity index (χ1v) is 5.95. The van der Waals surface area contributed by atoms with E-state index in [-0.39, 0.29) is 0 Å². The Hall–Kier alpha value is -1.20. The molecule has 94 valence electrons. The highest BCUT2D eigenvalue weighted by molar-refractivity contribution is 7.80. The van der Waals surface area contributed by atoms with E-state index >= 15 is 0 Å². The number of rotatable bonds is 6. The van der Waals surface area contributed by atoms with E-state index in [4.69, 9.17) is 22.7 Å². The fraction of sp³-hybridized carbons (Fsp3) is 0.500. The molecule has 1 atom stereocenters. The van der Waals surface area contributed by atoms with E-state index in [0.717, 1.165) is 23.5 Å². The van der Waals surface area contributed by atoms with Gasteiger partial charge >= 0.3 is 0 Å². The van der Waals surface area contributed by atoms with E-state index in [2.05, 4.69) is 17.2 Å². The molecule has 0 fully saturated rings. The first-order valence-electron chi connectivity index (χ1n) is 5.54. The Morgan fingerprint density at radius 1 is 1.65 bits per heavy atom. The zero-order chi connectivity index (χ0) is 12.8. The van der Waals surface area contributed by atoms with Crippen molar-refractivity contribution in [1.82, 2.24) is 4.98 Å². The van der Waals surface area contributed by atoms with Gasteiger partial charge in [0.2, 0.25) is 0 Å². The van der Waals surface area contributed by atoms with Crippen LogP contribution in [0.15, 0.2) is 12.3 Å². The average Bonchev–Trinajstić information content (AvgIpc) is 2.26.